The Morgan fingerprint density at radius 1 is 1.40 bits per heavy atom. The van der Waals surface area contributed by atoms with Crippen molar-refractivity contribution in [2.75, 3.05) is 5.32 Å². The highest BCUT2D eigenvalue weighted by molar-refractivity contribution is 7.22. The van der Waals surface area contributed by atoms with E-state index in [9.17, 15) is 4.79 Å². The van der Waals surface area contributed by atoms with Gasteiger partial charge < -0.3 is 0 Å². The van der Waals surface area contributed by atoms with Crippen LogP contribution in [0.15, 0.2) is 42.7 Å². The number of aryl methyl sites for hydroxylation is 1. The second-order valence-electron chi connectivity index (χ2n) is 4.26. The molecule has 0 saturated heterocycles. The van der Waals surface area contributed by atoms with E-state index < -0.39 is 0 Å². The van der Waals surface area contributed by atoms with Crippen molar-refractivity contribution in [1.29, 1.82) is 0 Å². The number of benzene rings is 1. The molecular formula is C14H12N4OS. The highest BCUT2D eigenvalue weighted by Gasteiger charge is 2.05. The van der Waals surface area contributed by atoms with Crippen LogP contribution in [0.5, 0.6) is 0 Å². The van der Waals surface area contributed by atoms with Gasteiger partial charge in [0.2, 0.25) is 5.91 Å². The fourth-order valence-electron chi connectivity index (χ4n) is 1.77. The summed E-state index contributed by atoms with van der Waals surface area (Å²) in [7, 11) is 1.83. The quantitative estimate of drug-likeness (QED) is 0.752. The molecule has 0 atom stereocenters. The minimum atomic E-state index is -0.201. The van der Waals surface area contributed by atoms with Crippen molar-refractivity contribution in [1.82, 2.24) is 14.8 Å². The van der Waals surface area contributed by atoms with Crippen LogP contribution in [0.4, 0.5) is 5.13 Å². The van der Waals surface area contributed by atoms with Crippen molar-refractivity contribution in [3.05, 3.63) is 48.3 Å². The number of hydrogen-bond donors (Lipinski definition) is 1. The first-order valence-corrected chi connectivity index (χ1v) is 6.86. The van der Waals surface area contributed by atoms with Gasteiger partial charge in [-0.3, -0.25) is 14.8 Å². The number of para-hydroxylation sites is 1. The molecule has 0 radical (unpaired) electrons. The molecular weight excluding hydrogens is 272 g/mol. The number of nitrogens with zero attached hydrogens (tertiary/aromatic N) is 3. The van der Waals surface area contributed by atoms with Crippen LogP contribution in [0.3, 0.4) is 0 Å². The molecule has 1 aromatic carbocycles. The highest BCUT2D eigenvalue weighted by Crippen LogP contribution is 2.25. The third kappa shape index (κ3) is 2.75. The molecule has 6 heteroatoms. The first kappa shape index (κ1) is 12.6. The van der Waals surface area contributed by atoms with Gasteiger partial charge in [-0.25, -0.2) is 4.98 Å². The maximum atomic E-state index is 11.8. The molecule has 0 aliphatic heterocycles. The van der Waals surface area contributed by atoms with Gasteiger partial charge in [0.1, 0.15) is 0 Å². The van der Waals surface area contributed by atoms with Crippen LogP contribution in [-0.2, 0) is 11.8 Å². The van der Waals surface area contributed by atoms with Gasteiger partial charge in [0, 0.05) is 24.9 Å². The molecule has 0 aliphatic rings. The normalized spacial score (nSPS) is 11.2. The fraction of sp³-hybridized carbons (Fsp3) is 0.0714. The third-order valence-electron chi connectivity index (χ3n) is 2.68. The highest BCUT2D eigenvalue weighted by atomic mass is 32.1. The van der Waals surface area contributed by atoms with Crippen LogP contribution < -0.4 is 5.32 Å². The number of amides is 1. The summed E-state index contributed by atoms with van der Waals surface area (Å²) in [6, 6.07) is 7.78. The van der Waals surface area contributed by atoms with Crippen molar-refractivity contribution < 1.29 is 4.79 Å². The number of rotatable bonds is 3. The van der Waals surface area contributed by atoms with Crippen molar-refractivity contribution in [3.8, 4) is 0 Å². The largest absolute Gasteiger partial charge is 0.298 e. The lowest BCUT2D eigenvalue weighted by Gasteiger charge is -1.94. The standard InChI is InChI=1S/C14H12N4OS/c1-18-9-10(8-15-18)6-7-13(19)17-14-16-11-4-2-3-5-12(11)20-14/h2-9H,1H3,(H,16,17,19)/b7-6+. The van der Waals surface area contributed by atoms with Gasteiger partial charge in [0.15, 0.2) is 5.13 Å². The van der Waals surface area contributed by atoms with E-state index in [1.54, 1.807) is 17.0 Å². The Balaban J connectivity index is 1.70. The average Bonchev–Trinajstić information content (AvgIpc) is 3.01. The van der Waals surface area contributed by atoms with Gasteiger partial charge >= 0.3 is 0 Å². The SMILES string of the molecule is Cn1cc(/C=C/C(=O)Nc2nc3ccccc3s2)cn1. The molecule has 0 fully saturated rings. The Morgan fingerprint density at radius 3 is 3.00 bits per heavy atom. The fourth-order valence-corrected chi connectivity index (χ4v) is 2.64. The topological polar surface area (TPSA) is 59.8 Å². The second-order valence-corrected chi connectivity index (χ2v) is 5.29. The van der Waals surface area contributed by atoms with Gasteiger partial charge in [-0.1, -0.05) is 23.5 Å². The summed E-state index contributed by atoms with van der Waals surface area (Å²) in [6.45, 7) is 0. The molecule has 3 rings (SSSR count). The maximum Gasteiger partial charge on any atom is 0.250 e. The molecule has 0 bridgehead atoms. The summed E-state index contributed by atoms with van der Waals surface area (Å²) >= 11 is 1.46. The van der Waals surface area contributed by atoms with Gasteiger partial charge in [-0.05, 0) is 18.2 Å². The maximum absolute atomic E-state index is 11.8. The van der Waals surface area contributed by atoms with E-state index in [0.717, 1.165) is 15.8 Å². The van der Waals surface area contributed by atoms with E-state index in [1.807, 2.05) is 37.5 Å². The zero-order valence-electron chi connectivity index (χ0n) is 10.8. The predicted molar refractivity (Wildman–Crippen MR) is 80.5 cm³/mol. The summed E-state index contributed by atoms with van der Waals surface area (Å²) in [5.74, 6) is -0.201. The van der Waals surface area contributed by atoms with Crippen LogP contribution in [-0.4, -0.2) is 20.7 Å². The number of anilines is 1. The van der Waals surface area contributed by atoms with Crippen LogP contribution in [0.25, 0.3) is 16.3 Å². The molecule has 0 aliphatic carbocycles. The molecule has 0 saturated carbocycles. The van der Waals surface area contributed by atoms with E-state index >= 15 is 0 Å². The van der Waals surface area contributed by atoms with E-state index in [0.29, 0.717) is 5.13 Å². The van der Waals surface area contributed by atoms with Crippen LogP contribution in [0.1, 0.15) is 5.56 Å². The molecule has 100 valence electrons. The second kappa shape index (κ2) is 5.26. The molecule has 2 aromatic heterocycles. The van der Waals surface area contributed by atoms with Crippen molar-refractivity contribution in [2.45, 2.75) is 0 Å². The zero-order chi connectivity index (χ0) is 13.9. The Labute approximate surface area is 119 Å². The first-order chi connectivity index (χ1) is 9.70. The van der Waals surface area contributed by atoms with E-state index in [2.05, 4.69) is 15.4 Å². The number of fused-ring (bicyclic) bond motifs is 1. The molecule has 0 unspecified atom stereocenters. The van der Waals surface area contributed by atoms with Crippen LogP contribution in [0.2, 0.25) is 0 Å². The third-order valence-corrected chi connectivity index (χ3v) is 3.63. The first-order valence-electron chi connectivity index (χ1n) is 6.04. The lowest BCUT2D eigenvalue weighted by Crippen LogP contribution is -2.07. The van der Waals surface area contributed by atoms with Gasteiger partial charge in [-0.2, -0.15) is 5.10 Å². The summed E-state index contributed by atoms with van der Waals surface area (Å²) < 4.78 is 2.74. The zero-order valence-corrected chi connectivity index (χ0v) is 11.6. The van der Waals surface area contributed by atoms with E-state index in [-0.39, 0.29) is 5.91 Å². The summed E-state index contributed by atoms with van der Waals surface area (Å²) in [4.78, 5) is 16.2. The smallest absolute Gasteiger partial charge is 0.250 e. The van der Waals surface area contributed by atoms with Gasteiger partial charge in [0.25, 0.3) is 0 Å². The summed E-state index contributed by atoms with van der Waals surface area (Å²) in [6.07, 6.45) is 6.72. The average molecular weight is 284 g/mol. The molecule has 3 aromatic rings. The Kier molecular flexibility index (Phi) is 3.30. The number of nitrogens with one attached hydrogen (secondary N) is 1. The van der Waals surface area contributed by atoms with Crippen molar-refractivity contribution >= 4 is 38.7 Å². The number of aromatic nitrogens is 3. The summed E-state index contributed by atoms with van der Waals surface area (Å²) in [5.41, 5.74) is 1.77. The Morgan fingerprint density at radius 2 is 2.25 bits per heavy atom. The monoisotopic (exact) mass is 284 g/mol. The van der Waals surface area contributed by atoms with Gasteiger partial charge in [0.05, 0.1) is 16.4 Å². The number of thiazole rings is 1. The molecule has 5 nitrogen and oxygen atoms in total. The van der Waals surface area contributed by atoms with E-state index in [1.165, 1.54) is 17.4 Å². The van der Waals surface area contributed by atoms with Crippen molar-refractivity contribution in [3.63, 3.8) is 0 Å². The van der Waals surface area contributed by atoms with E-state index in [4.69, 9.17) is 0 Å². The van der Waals surface area contributed by atoms with Crippen LogP contribution in [0, 0.1) is 0 Å². The van der Waals surface area contributed by atoms with Crippen LogP contribution >= 0.6 is 11.3 Å². The van der Waals surface area contributed by atoms with Crippen molar-refractivity contribution in [2.24, 2.45) is 7.05 Å². The Bertz CT molecular complexity index is 754. The Hall–Kier alpha value is -2.47. The molecule has 20 heavy (non-hydrogen) atoms. The minimum absolute atomic E-state index is 0.201. The molecule has 0 spiro atoms. The lowest BCUT2D eigenvalue weighted by molar-refractivity contribution is -0.111. The lowest BCUT2D eigenvalue weighted by atomic mass is 10.3. The number of carbonyl (C=O) groups excluding carboxylic acids is 1. The molecule has 1 amide bonds. The van der Waals surface area contributed by atoms with Gasteiger partial charge in [-0.15, -0.1) is 0 Å². The predicted octanol–water partition coefficient (Wildman–Crippen LogP) is 2.68. The minimum Gasteiger partial charge on any atom is -0.298 e. The summed E-state index contributed by atoms with van der Waals surface area (Å²) in [5, 5.41) is 7.40. The molecule has 2 heterocycles. The number of carbonyl (C=O) groups is 1. The number of hydrogen-bond acceptors (Lipinski definition) is 4. The molecule has 1 N–H and O–H groups in total.